The quantitative estimate of drug-likeness (QED) is 0.492. The van der Waals surface area contributed by atoms with Gasteiger partial charge >= 0.3 is 16.1 Å². The van der Waals surface area contributed by atoms with E-state index in [4.69, 9.17) is 13.7 Å². The molecule has 0 bridgehead atoms. The summed E-state index contributed by atoms with van der Waals surface area (Å²) in [5, 5.41) is 0. The maximum atomic E-state index is 12.4. The number of rotatable bonds is 7. The largest absolute Gasteiger partial charge is 0.494 e. The van der Waals surface area contributed by atoms with Gasteiger partial charge in [0.15, 0.2) is 0 Å². The van der Waals surface area contributed by atoms with Gasteiger partial charge in [0, 0.05) is 4.47 Å². The number of esters is 1. The molecule has 0 atom stereocenters. The molecule has 0 aromatic heterocycles. The van der Waals surface area contributed by atoms with Crippen molar-refractivity contribution in [1.82, 2.24) is 0 Å². The predicted molar refractivity (Wildman–Crippen MR) is 95.5 cm³/mol. The molecule has 0 spiro atoms. The van der Waals surface area contributed by atoms with Gasteiger partial charge in [-0.25, -0.2) is 4.79 Å². The molecule has 2 aromatic carbocycles. The first kappa shape index (κ1) is 19.3. The minimum atomic E-state index is -4.06. The van der Waals surface area contributed by atoms with E-state index in [0.29, 0.717) is 12.4 Å². The van der Waals surface area contributed by atoms with Crippen molar-refractivity contribution < 1.29 is 26.9 Å². The molecule has 6 nitrogen and oxygen atoms in total. The SMILES string of the molecule is CCOC(=O)c1ccc(S(=O)(=O)Oc2ccc(OCC)cc2)c(Br)c1. The van der Waals surface area contributed by atoms with Gasteiger partial charge in [-0.15, -0.1) is 0 Å². The Morgan fingerprint density at radius 1 is 1.00 bits per heavy atom. The molecular formula is C17H17BrO6S. The molecule has 25 heavy (non-hydrogen) atoms. The van der Waals surface area contributed by atoms with E-state index in [1.54, 1.807) is 19.1 Å². The molecule has 2 aromatic rings. The highest BCUT2D eigenvalue weighted by Crippen LogP contribution is 2.27. The highest BCUT2D eigenvalue weighted by molar-refractivity contribution is 9.10. The van der Waals surface area contributed by atoms with Crippen LogP contribution in [0.15, 0.2) is 51.8 Å². The third-order valence-corrected chi connectivity index (χ3v) is 5.28. The molecule has 0 radical (unpaired) electrons. The van der Waals surface area contributed by atoms with Crippen molar-refractivity contribution in [3.63, 3.8) is 0 Å². The van der Waals surface area contributed by atoms with Crippen molar-refractivity contribution >= 4 is 32.0 Å². The molecular weight excluding hydrogens is 412 g/mol. The Balaban J connectivity index is 2.22. The molecule has 0 saturated carbocycles. The lowest BCUT2D eigenvalue weighted by Crippen LogP contribution is -2.12. The molecule has 0 saturated heterocycles. The Hall–Kier alpha value is -2.06. The normalized spacial score (nSPS) is 11.0. The molecule has 0 aliphatic carbocycles. The van der Waals surface area contributed by atoms with Crippen LogP contribution in [0.25, 0.3) is 0 Å². The lowest BCUT2D eigenvalue weighted by Gasteiger charge is -2.10. The predicted octanol–water partition coefficient (Wildman–Crippen LogP) is 3.79. The highest BCUT2D eigenvalue weighted by Gasteiger charge is 2.21. The van der Waals surface area contributed by atoms with E-state index in [1.165, 1.54) is 30.3 Å². The number of halogens is 1. The van der Waals surface area contributed by atoms with Gasteiger partial charge in [-0.3, -0.25) is 0 Å². The highest BCUT2D eigenvalue weighted by atomic mass is 79.9. The van der Waals surface area contributed by atoms with Crippen molar-refractivity contribution in [2.75, 3.05) is 13.2 Å². The number of benzene rings is 2. The average Bonchev–Trinajstić information content (AvgIpc) is 2.56. The molecule has 0 amide bonds. The standard InChI is InChI=1S/C17H17BrO6S/c1-3-22-13-6-8-14(9-7-13)24-25(20,21)16-10-5-12(11-15(16)18)17(19)23-4-2/h5-11H,3-4H2,1-2H3. The number of ether oxygens (including phenoxy) is 2. The van der Waals surface area contributed by atoms with Crippen molar-refractivity contribution in [3.8, 4) is 11.5 Å². The van der Waals surface area contributed by atoms with Crippen LogP contribution in [-0.2, 0) is 14.9 Å². The van der Waals surface area contributed by atoms with E-state index in [2.05, 4.69) is 15.9 Å². The zero-order chi connectivity index (χ0) is 18.4. The van der Waals surface area contributed by atoms with Gasteiger partial charge in [0.2, 0.25) is 0 Å². The van der Waals surface area contributed by atoms with Gasteiger partial charge in [-0.2, -0.15) is 8.42 Å². The maximum absolute atomic E-state index is 12.4. The van der Waals surface area contributed by atoms with Crippen molar-refractivity contribution in [2.24, 2.45) is 0 Å². The third kappa shape index (κ3) is 4.96. The molecule has 0 heterocycles. The summed E-state index contributed by atoms with van der Waals surface area (Å²) in [4.78, 5) is 11.6. The van der Waals surface area contributed by atoms with Gasteiger partial charge in [0.25, 0.3) is 0 Å². The van der Waals surface area contributed by atoms with E-state index in [1.807, 2.05) is 6.92 Å². The second-order valence-electron chi connectivity index (χ2n) is 4.81. The van der Waals surface area contributed by atoms with Crippen LogP contribution in [0.5, 0.6) is 11.5 Å². The smallest absolute Gasteiger partial charge is 0.340 e. The Morgan fingerprint density at radius 2 is 1.64 bits per heavy atom. The van der Waals surface area contributed by atoms with E-state index < -0.39 is 16.1 Å². The van der Waals surface area contributed by atoms with Crippen LogP contribution in [0.1, 0.15) is 24.2 Å². The van der Waals surface area contributed by atoms with E-state index in [-0.39, 0.29) is 27.3 Å². The lowest BCUT2D eigenvalue weighted by atomic mass is 10.2. The maximum Gasteiger partial charge on any atom is 0.340 e. The molecule has 0 N–H and O–H groups in total. The molecule has 134 valence electrons. The van der Waals surface area contributed by atoms with Crippen LogP contribution in [0.3, 0.4) is 0 Å². The Morgan fingerprint density at radius 3 is 2.20 bits per heavy atom. The summed E-state index contributed by atoms with van der Waals surface area (Å²) in [7, 11) is -4.06. The van der Waals surface area contributed by atoms with Crippen LogP contribution in [0.2, 0.25) is 0 Å². The molecule has 0 aliphatic heterocycles. The number of hydrogen-bond donors (Lipinski definition) is 0. The molecule has 2 rings (SSSR count). The fraction of sp³-hybridized carbons (Fsp3) is 0.235. The van der Waals surface area contributed by atoms with Crippen LogP contribution < -0.4 is 8.92 Å². The van der Waals surface area contributed by atoms with Gasteiger partial charge < -0.3 is 13.7 Å². The fourth-order valence-electron chi connectivity index (χ4n) is 1.97. The van der Waals surface area contributed by atoms with Crippen molar-refractivity contribution in [2.45, 2.75) is 18.7 Å². The second-order valence-corrected chi connectivity index (χ2v) is 7.18. The van der Waals surface area contributed by atoms with Crippen LogP contribution in [0.4, 0.5) is 0 Å². The summed E-state index contributed by atoms with van der Waals surface area (Å²) in [6.07, 6.45) is 0. The lowest BCUT2D eigenvalue weighted by molar-refractivity contribution is 0.0526. The van der Waals surface area contributed by atoms with E-state index >= 15 is 0 Å². The summed E-state index contributed by atoms with van der Waals surface area (Å²) in [6, 6.07) is 10.3. The topological polar surface area (TPSA) is 78.9 Å². The summed E-state index contributed by atoms with van der Waals surface area (Å²) >= 11 is 3.16. The Kier molecular flexibility index (Phi) is 6.44. The number of carbonyl (C=O) groups is 1. The Bertz CT molecular complexity index is 846. The molecule has 0 fully saturated rings. The number of hydrogen-bond acceptors (Lipinski definition) is 6. The molecule has 8 heteroatoms. The van der Waals surface area contributed by atoms with Gasteiger partial charge in [-0.05, 0) is 72.2 Å². The first-order valence-electron chi connectivity index (χ1n) is 7.51. The fourth-order valence-corrected chi connectivity index (χ4v) is 3.93. The molecule has 0 unspecified atom stereocenters. The summed E-state index contributed by atoms with van der Waals surface area (Å²) in [6.45, 7) is 4.29. The van der Waals surface area contributed by atoms with Crippen LogP contribution >= 0.6 is 15.9 Å². The zero-order valence-corrected chi connectivity index (χ0v) is 16.1. The monoisotopic (exact) mass is 428 g/mol. The second kappa shape index (κ2) is 8.35. The first-order valence-corrected chi connectivity index (χ1v) is 9.71. The summed E-state index contributed by atoms with van der Waals surface area (Å²) in [5.74, 6) is 0.247. The minimum Gasteiger partial charge on any atom is -0.494 e. The number of carbonyl (C=O) groups excluding carboxylic acids is 1. The zero-order valence-electron chi connectivity index (χ0n) is 13.7. The summed E-state index contributed by atoms with van der Waals surface area (Å²) < 4.78 is 40.4. The minimum absolute atomic E-state index is 0.0885. The average molecular weight is 429 g/mol. The van der Waals surface area contributed by atoms with Crippen LogP contribution in [-0.4, -0.2) is 27.6 Å². The van der Waals surface area contributed by atoms with Gasteiger partial charge in [0.05, 0.1) is 18.8 Å². The molecule has 0 aliphatic rings. The van der Waals surface area contributed by atoms with Gasteiger partial charge in [-0.1, -0.05) is 0 Å². The summed E-state index contributed by atoms with van der Waals surface area (Å²) in [5.41, 5.74) is 0.244. The van der Waals surface area contributed by atoms with Crippen LogP contribution in [0, 0.1) is 0 Å². The van der Waals surface area contributed by atoms with Gasteiger partial charge in [0.1, 0.15) is 16.4 Å². The van der Waals surface area contributed by atoms with Crippen molar-refractivity contribution in [3.05, 3.63) is 52.5 Å². The Labute approximate surface area is 155 Å². The van der Waals surface area contributed by atoms with E-state index in [9.17, 15) is 13.2 Å². The first-order chi connectivity index (χ1) is 11.9. The van der Waals surface area contributed by atoms with Crippen molar-refractivity contribution in [1.29, 1.82) is 0 Å². The third-order valence-electron chi connectivity index (χ3n) is 3.05. The van der Waals surface area contributed by atoms with E-state index in [0.717, 1.165) is 0 Å².